The minimum absolute atomic E-state index is 0.737. The fraction of sp³-hybridized carbons (Fsp3) is 0.0667. The molecule has 0 aliphatic rings. The van der Waals surface area contributed by atoms with Crippen LogP contribution < -0.4 is 0 Å². The van der Waals surface area contributed by atoms with Crippen LogP contribution in [0.2, 0.25) is 0 Å². The topological polar surface area (TPSA) is 25.8 Å². The summed E-state index contributed by atoms with van der Waals surface area (Å²) in [7, 11) is 0. The zero-order valence-corrected chi connectivity index (χ0v) is 18.3. The molecule has 2 nitrogen and oxygen atoms in total. The smallest absolute Gasteiger partial charge is 0.160 e. The van der Waals surface area contributed by atoms with Crippen molar-refractivity contribution >= 4 is 0 Å². The first-order valence-corrected chi connectivity index (χ1v) is 10.8. The predicted octanol–water partition coefficient (Wildman–Crippen LogP) is 7.76. The molecule has 5 rings (SSSR count). The van der Waals surface area contributed by atoms with Gasteiger partial charge in [-0.25, -0.2) is 9.97 Å². The summed E-state index contributed by atoms with van der Waals surface area (Å²) < 4.78 is 0. The van der Waals surface area contributed by atoms with Crippen molar-refractivity contribution in [1.82, 2.24) is 9.97 Å². The Hall–Kier alpha value is -4.04. The Morgan fingerprint density at radius 1 is 0.406 bits per heavy atom. The number of aromatic nitrogens is 2. The number of hydrogen-bond donors (Lipinski definition) is 0. The van der Waals surface area contributed by atoms with Crippen molar-refractivity contribution < 1.29 is 0 Å². The molecule has 0 aliphatic heterocycles. The van der Waals surface area contributed by atoms with Gasteiger partial charge < -0.3 is 0 Å². The van der Waals surface area contributed by atoms with Crippen LogP contribution in [-0.2, 0) is 0 Å². The molecule has 0 saturated heterocycles. The second kappa shape index (κ2) is 8.60. The largest absolute Gasteiger partial charge is 0.228 e. The van der Waals surface area contributed by atoms with Crippen molar-refractivity contribution in [1.29, 1.82) is 0 Å². The second-order valence-electron chi connectivity index (χ2n) is 8.15. The lowest BCUT2D eigenvalue weighted by Gasteiger charge is -2.11. The van der Waals surface area contributed by atoms with Crippen LogP contribution in [0.5, 0.6) is 0 Å². The molecule has 5 aromatic rings. The van der Waals surface area contributed by atoms with Gasteiger partial charge in [0.2, 0.25) is 0 Å². The summed E-state index contributed by atoms with van der Waals surface area (Å²) in [5, 5.41) is 0. The van der Waals surface area contributed by atoms with E-state index in [1.807, 2.05) is 18.2 Å². The van der Waals surface area contributed by atoms with E-state index in [1.165, 1.54) is 22.3 Å². The molecule has 0 saturated carbocycles. The molecule has 4 aromatic carbocycles. The molecule has 0 radical (unpaired) electrons. The van der Waals surface area contributed by atoms with Crippen LogP contribution in [0.3, 0.4) is 0 Å². The van der Waals surface area contributed by atoms with Crippen LogP contribution in [0.15, 0.2) is 109 Å². The Morgan fingerprint density at radius 2 is 0.875 bits per heavy atom. The molecule has 1 aromatic heterocycles. The summed E-state index contributed by atoms with van der Waals surface area (Å²) >= 11 is 0. The molecule has 0 spiro atoms. The zero-order valence-electron chi connectivity index (χ0n) is 18.3. The van der Waals surface area contributed by atoms with E-state index >= 15 is 0 Å². The maximum Gasteiger partial charge on any atom is 0.160 e. The lowest BCUT2D eigenvalue weighted by Crippen LogP contribution is -1.96. The van der Waals surface area contributed by atoms with Gasteiger partial charge in [-0.3, -0.25) is 0 Å². The summed E-state index contributed by atoms with van der Waals surface area (Å²) in [4.78, 5) is 9.88. The monoisotopic (exact) mass is 412 g/mol. The third-order valence-corrected chi connectivity index (χ3v) is 5.58. The average Bonchev–Trinajstić information content (AvgIpc) is 2.84. The molecular weight excluding hydrogens is 388 g/mol. The molecule has 0 N–H and O–H groups in total. The maximum atomic E-state index is 4.96. The van der Waals surface area contributed by atoms with E-state index in [9.17, 15) is 0 Å². The van der Waals surface area contributed by atoms with Gasteiger partial charge in [-0.1, -0.05) is 102 Å². The highest BCUT2D eigenvalue weighted by Gasteiger charge is 2.11. The van der Waals surface area contributed by atoms with Gasteiger partial charge in [0, 0.05) is 16.7 Å². The Balaban J connectivity index is 1.67. The second-order valence-corrected chi connectivity index (χ2v) is 8.15. The fourth-order valence-corrected chi connectivity index (χ4v) is 3.95. The van der Waals surface area contributed by atoms with E-state index in [-0.39, 0.29) is 0 Å². The first-order valence-electron chi connectivity index (χ1n) is 10.8. The Morgan fingerprint density at radius 3 is 1.50 bits per heavy atom. The summed E-state index contributed by atoms with van der Waals surface area (Å²) in [5.41, 5.74) is 9.90. The van der Waals surface area contributed by atoms with E-state index < -0.39 is 0 Å². The molecule has 0 amide bonds. The van der Waals surface area contributed by atoms with E-state index in [0.717, 1.165) is 33.9 Å². The third-order valence-electron chi connectivity index (χ3n) is 5.58. The molecule has 0 fully saturated rings. The number of nitrogens with zero attached hydrogens (tertiary/aromatic N) is 2. The Bertz CT molecular complexity index is 1390. The standard InChI is InChI=1S/C30H24N2/c1-21-9-6-13-24(17-21)25-14-8-16-27(19-25)29-20-28(26-15-7-10-22(2)18-26)31-30(32-29)23-11-4-3-5-12-23/h3-20H,1-2H3. The quantitative estimate of drug-likeness (QED) is 0.301. The van der Waals surface area contributed by atoms with Crippen LogP contribution in [0, 0.1) is 13.8 Å². The van der Waals surface area contributed by atoms with Crippen LogP contribution in [-0.4, -0.2) is 9.97 Å². The molecular formula is C30H24N2. The Kier molecular flexibility index (Phi) is 5.35. The molecule has 0 atom stereocenters. The number of rotatable bonds is 4. The number of aryl methyl sites for hydroxylation is 2. The van der Waals surface area contributed by atoms with Gasteiger partial charge in [0.1, 0.15) is 0 Å². The highest BCUT2D eigenvalue weighted by Crippen LogP contribution is 2.30. The van der Waals surface area contributed by atoms with E-state index in [2.05, 4.69) is 105 Å². The zero-order chi connectivity index (χ0) is 21.9. The highest BCUT2D eigenvalue weighted by molar-refractivity contribution is 5.76. The molecule has 0 bridgehead atoms. The molecule has 0 aliphatic carbocycles. The Labute approximate surface area is 189 Å². The maximum absolute atomic E-state index is 4.96. The van der Waals surface area contributed by atoms with Gasteiger partial charge in [-0.05, 0) is 43.2 Å². The minimum atomic E-state index is 0.737. The van der Waals surface area contributed by atoms with Crippen LogP contribution in [0.1, 0.15) is 11.1 Å². The molecule has 1 heterocycles. The summed E-state index contributed by atoms with van der Waals surface area (Å²) in [6, 6.07) is 37.9. The van der Waals surface area contributed by atoms with Gasteiger partial charge in [0.15, 0.2) is 5.82 Å². The van der Waals surface area contributed by atoms with Crippen molar-refractivity contribution in [2.24, 2.45) is 0 Å². The van der Waals surface area contributed by atoms with Gasteiger partial charge in [-0.2, -0.15) is 0 Å². The van der Waals surface area contributed by atoms with Crippen LogP contribution in [0.25, 0.3) is 45.0 Å². The lowest BCUT2D eigenvalue weighted by molar-refractivity contribution is 1.18. The number of benzene rings is 4. The van der Waals surface area contributed by atoms with Gasteiger partial charge in [0.25, 0.3) is 0 Å². The van der Waals surface area contributed by atoms with Gasteiger partial charge in [-0.15, -0.1) is 0 Å². The first-order chi connectivity index (χ1) is 15.7. The summed E-state index contributed by atoms with van der Waals surface area (Å²) in [6.45, 7) is 4.23. The van der Waals surface area contributed by atoms with Crippen molar-refractivity contribution in [3.8, 4) is 45.0 Å². The lowest BCUT2D eigenvalue weighted by atomic mass is 9.99. The summed E-state index contributed by atoms with van der Waals surface area (Å²) in [6.07, 6.45) is 0. The summed E-state index contributed by atoms with van der Waals surface area (Å²) in [5.74, 6) is 0.737. The van der Waals surface area contributed by atoms with E-state index in [1.54, 1.807) is 0 Å². The van der Waals surface area contributed by atoms with Crippen molar-refractivity contribution in [2.75, 3.05) is 0 Å². The van der Waals surface area contributed by atoms with Gasteiger partial charge in [0.05, 0.1) is 11.4 Å². The predicted molar refractivity (Wildman–Crippen MR) is 133 cm³/mol. The third kappa shape index (κ3) is 4.21. The van der Waals surface area contributed by atoms with E-state index in [0.29, 0.717) is 0 Å². The molecule has 2 heteroatoms. The highest BCUT2D eigenvalue weighted by atomic mass is 14.9. The first kappa shape index (κ1) is 19.9. The molecule has 154 valence electrons. The SMILES string of the molecule is Cc1cccc(-c2cccc(-c3cc(-c4cccc(C)c4)nc(-c4ccccc4)n3)c2)c1. The number of hydrogen-bond acceptors (Lipinski definition) is 2. The van der Waals surface area contributed by atoms with Gasteiger partial charge >= 0.3 is 0 Å². The van der Waals surface area contributed by atoms with Crippen LogP contribution in [0.4, 0.5) is 0 Å². The van der Waals surface area contributed by atoms with Crippen molar-refractivity contribution in [3.63, 3.8) is 0 Å². The average molecular weight is 413 g/mol. The minimum Gasteiger partial charge on any atom is -0.228 e. The normalized spacial score (nSPS) is 10.8. The molecule has 0 unspecified atom stereocenters. The van der Waals surface area contributed by atoms with E-state index in [4.69, 9.17) is 9.97 Å². The van der Waals surface area contributed by atoms with Crippen molar-refractivity contribution in [3.05, 3.63) is 120 Å². The van der Waals surface area contributed by atoms with Crippen LogP contribution >= 0.6 is 0 Å². The molecule has 32 heavy (non-hydrogen) atoms. The fourth-order valence-electron chi connectivity index (χ4n) is 3.95. The van der Waals surface area contributed by atoms with Crippen molar-refractivity contribution in [2.45, 2.75) is 13.8 Å².